The monoisotopic (exact) mass is 475 g/mol. The van der Waals surface area contributed by atoms with Crippen LogP contribution in [-0.2, 0) is 6.54 Å². The molecule has 0 unspecified atom stereocenters. The van der Waals surface area contributed by atoms with Gasteiger partial charge in [0.15, 0.2) is 17.4 Å². The van der Waals surface area contributed by atoms with Crippen molar-refractivity contribution < 1.29 is 18.0 Å². The van der Waals surface area contributed by atoms with Gasteiger partial charge in [-0.25, -0.2) is 18.7 Å². The van der Waals surface area contributed by atoms with Crippen LogP contribution in [0.3, 0.4) is 0 Å². The number of benzene rings is 2. The van der Waals surface area contributed by atoms with Gasteiger partial charge in [-0.2, -0.15) is 0 Å². The smallest absolute Gasteiger partial charge is 0.183 e. The van der Waals surface area contributed by atoms with Crippen LogP contribution in [0.1, 0.15) is 11.3 Å². The van der Waals surface area contributed by atoms with Crippen molar-refractivity contribution >= 4 is 16.7 Å². The number of fused-ring (bicyclic) bond motifs is 1. The molecule has 5 aromatic rings. The lowest BCUT2D eigenvalue weighted by molar-refractivity contribution is 0.412. The van der Waals surface area contributed by atoms with E-state index >= 15 is 0 Å². The Morgan fingerprint density at radius 2 is 1.80 bits per heavy atom. The fourth-order valence-electron chi connectivity index (χ4n) is 4.20. The number of hydrogen-bond acceptors (Lipinski definition) is 6. The molecule has 0 fully saturated rings. The average Bonchev–Trinajstić information content (AvgIpc) is 3.45. The predicted molar refractivity (Wildman–Crippen MR) is 129 cm³/mol. The standard InChI is InChI=1S/C26H23F2N5O2/c1-15-13-32-35-26(15)18-6-4-17(5-7-18)21-12-23(31-14-30-21)29-8-9-33-16(2)10-19-22(34-3)11-20(27)24(28)25(19)33/h4-7,10-14H,8-9H2,1-3H3,(H,29,30,31). The first-order valence-corrected chi connectivity index (χ1v) is 11.1. The molecule has 1 N–H and O–H groups in total. The Morgan fingerprint density at radius 1 is 1.03 bits per heavy atom. The summed E-state index contributed by atoms with van der Waals surface area (Å²) in [7, 11) is 1.44. The summed E-state index contributed by atoms with van der Waals surface area (Å²) in [5.74, 6) is -0.153. The third kappa shape index (κ3) is 4.21. The molecule has 2 aromatic carbocycles. The maximum Gasteiger partial charge on any atom is 0.183 e. The maximum absolute atomic E-state index is 14.6. The zero-order chi connectivity index (χ0) is 24.5. The molecule has 0 bridgehead atoms. The summed E-state index contributed by atoms with van der Waals surface area (Å²) >= 11 is 0. The fourth-order valence-corrected chi connectivity index (χ4v) is 4.20. The molecule has 3 heterocycles. The van der Waals surface area contributed by atoms with Crippen LogP contribution < -0.4 is 10.1 Å². The molecule has 0 spiro atoms. The van der Waals surface area contributed by atoms with Crippen LogP contribution >= 0.6 is 0 Å². The molecule has 0 saturated carbocycles. The molecule has 178 valence electrons. The quantitative estimate of drug-likeness (QED) is 0.322. The summed E-state index contributed by atoms with van der Waals surface area (Å²) < 4.78 is 41.0. The van der Waals surface area contributed by atoms with Crippen LogP contribution in [0.4, 0.5) is 14.6 Å². The van der Waals surface area contributed by atoms with Crippen LogP contribution in [0.2, 0.25) is 0 Å². The zero-order valence-corrected chi connectivity index (χ0v) is 19.5. The van der Waals surface area contributed by atoms with Crippen LogP contribution in [0.5, 0.6) is 5.75 Å². The first-order chi connectivity index (χ1) is 17.0. The van der Waals surface area contributed by atoms with Crippen molar-refractivity contribution in [2.45, 2.75) is 20.4 Å². The van der Waals surface area contributed by atoms with Gasteiger partial charge >= 0.3 is 0 Å². The van der Waals surface area contributed by atoms with Crippen molar-refractivity contribution in [3.8, 4) is 28.3 Å². The fraction of sp³-hybridized carbons (Fsp3) is 0.192. The number of halogens is 2. The van der Waals surface area contributed by atoms with Crippen molar-refractivity contribution in [2.75, 3.05) is 19.0 Å². The third-order valence-electron chi connectivity index (χ3n) is 5.96. The van der Waals surface area contributed by atoms with E-state index in [9.17, 15) is 8.78 Å². The molecule has 0 amide bonds. The number of aryl methyl sites for hydroxylation is 2. The molecule has 0 radical (unpaired) electrons. The van der Waals surface area contributed by atoms with E-state index in [0.29, 0.717) is 30.0 Å². The average molecular weight is 475 g/mol. The van der Waals surface area contributed by atoms with E-state index in [4.69, 9.17) is 9.26 Å². The van der Waals surface area contributed by atoms with E-state index in [0.717, 1.165) is 39.9 Å². The van der Waals surface area contributed by atoms with Gasteiger partial charge in [0.1, 0.15) is 17.9 Å². The van der Waals surface area contributed by atoms with E-state index in [1.54, 1.807) is 16.8 Å². The first kappa shape index (κ1) is 22.5. The number of hydrogen-bond donors (Lipinski definition) is 1. The van der Waals surface area contributed by atoms with Gasteiger partial charge in [-0.1, -0.05) is 29.4 Å². The molecule has 0 saturated heterocycles. The summed E-state index contributed by atoms with van der Waals surface area (Å²) in [5.41, 5.74) is 4.57. The van der Waals surface area contributed by atoms with Crippen molar-refractivity contribution in [3.63, 3.8) is 0 Å². The Labute approximate surface area is 200 Å². The molecule has 0 atom stereocenters. The van der Waals surface area contributed by atoms with Gasteiger partial charge in [0.2, 0.25) is 0 Å². The van der Waals surface area contributed by atoms with Gasteiger partial charge < -0.3 is 19.1 Å². The summed E-state index contributed by atoms with van der Waals surface area (Å²) in [6.45, 7) is 4.65. The second kappa shape index (κ2) is 9.17. The van der Waals surface area contributed by atoms with Gasteiger partial charge in [0, 0.05) is 53.0 Å². The number of methoxy groups -OCH3 is 1. The summed E-state index contributed by atoms with van der Waals surface area (Å²) in [6.07, 6.45) is 3.17. The summed E-state index contributed by atoms with van der Waals surface area (Å²) in [5, 5.41) is 7.61. The molecule has 0 aliphatic heterocycles. The normalized spacial score (nSPS) is 11.2. The lowest BCUT2D eigenvalue weighted by Gasteiger charge is -2.12. The molecule has 5 rings (SSSR count). The van der Waals surface area contributed by atoms with Gasteiger partial charge in [-0.3, -0.25) is 0 Å². The van der Waals surface area contributed by atoms with Crippen molar-refractivity contribution in [3.05, 3.63) is 77.9 Å². The Balaban J connectivity index is 1.32. The number of nitrogens with one attached hydrogen (secondary N) is 1. The Kier molecular flexibility index (Phi) is 5.90. The zero-order valence-electron chi connectivity index (χ0n) is 19.5. The molecule has 35 heavy (non-hydrogen) atoms. The SMILES string of the molecule is COc1cc(F)c(F)c2c1cc(C)n2CCNc1cc(-c2ccc(-c3oncc3C)cc2)ncn1. The van der Waals surface area contributed by atoms with E-state index < -0.39 is 11.6 Å². The highest BCUT2D eigenvalue weighted by Crippen LogP contribution is 2.33. The Bertz CT molecular complexity index is 1510. The lowest BCUT2D eigenvalue weighted by atomic mass is 10.1. The minimum atomic E-state index is -0.938. The lowest BCUT2D eigenvalue weighted by Crippen LogP contribution is -2.13. The van der Waals surface area contributed by atoms with Gasteiger partial charge in [-0.05, 0) is 19.9 Å². The van der Waals surface area contributed by atoms with Crippen molar-refractivity contribution in [2.24, 2.45) is 0 Å². The highest BCUT2D eigenvalue weighted by Gasteiger charge is 2.18. The van der Waals surface area contributed by atoms with Crippen LogP contribution in [-0.4, -0.2) is 33.3 Å². The predicted octanol–water partition coefficient (Wildman–Crippen LogP) is 5.77. The number of aromatic nitrogens is 4. The molecule has 0 aliphatic carbocycles. The third-order valence-corrected chi connectivity index (χ3v) is 5.96. The van der Waals surface area contributed by atoms with E-state index in [1.807, 2.05) is 44.2 Å². The largest absolute Gasteiger partial charge is 0.496 e. The second-order valence-electron chi connectivity index (χ2n) is 8.20. The highest BCUT2D eigenvalue weighted by atomic mass is 19.2. The van der Waals surface area contributed by atoms with Gasteiger partial charge in [-0.15, -0.1) is 0 Å². The summed E-state index contributed by atoms with van der Waals surface area (Å²) in [6, 6.07) is 12.6. The van der Waals surface area contributed by atoms with Crippen LogP contribution in [0, 0.1) is 25.5 Å². The summed E-state index contributed by atoms with van der Waals surface area (Å²) in [4.78, 5) is 8.66. The molecule has 7 nitrogen and oxygen atoms in total. The van der Waals surface area contributed by atoms with Crippen LogP contribution in [0.25, 0.3) is 33.5 Å². The molecule has 0 aliphatic rings. The minimum absolute atomic E-state index is 0.187. The van der Waals surface area contributed by atoms with E-state index in [2.05, 4.69) is 20.4 Å². The minimum Gasteiger partial charge on any atom is -0.496 e. The van der Waals surface area contributed by atoms with Crippen LogP contribution in [0.15, 0.2) is 59.5 Å². The van der Waals surface area contributed by atoms with Gasteiger partial charge in [0.05, 0.1) is 24.5 Å². The topological polar surface area (TPSA) is 78.0 Å². The van der Waals surface area contributed by atoms with E-state index in [-0.39, 0.29) is 5.52 Å². The number of anilines is 1. The second-order valence-corrected chi connectivity index (χ2v) is 8.20. The van der Waals surface area contributed by atoms with E-state index in [1.165, 1.54) is 13.4 Å². The Morgan fingerprint density at radius 3 is 2.51 bits per heavy atom. The molecule has 3 aromatic heterocycles. The van der Waals surface area contributed by atoms with Crippen molar-refractivity contribution in [1.29, 1.82) is 0 Å². The highest BCUT2D eigenvalue weighted by molar-refractivity contribution is 5.88. The van der Waals surface area contributed by atoms with Crippen molar-refractivity contribution in [1.82, 2.24) is 19.7 Å². The first-order valence-electron chi connectivity index (χ1n) is 11.1. The number of rotatable bonds is 7. The molecule has 9 heteroatoms. The maximum atomic E-state index is 14.6. The number of ether oxygens (including phenoxy) is 1. The Hall–Kier alpha value is -4.27. The molecular weight excluding hydrogens is 452 g/mol. The molecular formula is C26H23F2N5O2. The number of nitrogens with zero attached hydrogens (tertiary/aromatic N) is 4. The van der Waals surface area contributed by atoms with Gasteiger partial charge in [0.25, 0.3) is 0 Å².